The van der Waals surface area contributed by atoms with Crippen LogP contribution in [0.15, 0.2) is 24.3 Å². The fourth-order valence-electron chi connectivity index (χ4n) is 1.95. The van der Waals surface area contributed by atoms with Crippen molar-refractivity contribution in [3.8, 4) is 0 Å². The molecule has 84 valence electrons. The summed E-state index contributed by atoms with van der Waals surface area (Å²) in [6, 6.07) is 6.93. The Kier molecular flexibility index (Phi) is 3.01. The van der Waals surface area contributed by atoms with E-state index in [1.165, 1.54) is 0 Å². The molecule has 1 aromatic carbocycles. The largest absolute Gasteiger partial charge is 0.342 e. The topological polar surface area (TPSA) is 72.2 Å². The van der Waals surface area contributed by atoms with E-state index in [2.05, 4.69) is 5.32 Å². The third-order valence-electron chi connectivity index (χ3n) is 2.81. The van der Waals surface area contributed by atoms with Gasteiger partial charge >= 0.3 is 0 Å². The summed E-state index contributed by atoms with van der Waals surface area (Å²) in [5, 5.41) is 2.71. The molecule has 0 saturated carbocycles. The molecule has 1 heterocycles. The molecule has 1 fully saturated rings. The first-order valence-corrected chi connectivity index (χ1v) is 5.32. The summed E-state index contributed by atoms with van der Waals surface area (Å²) in [4.78, 5) is 23.1. The minimum atomic E-state index is -0.513. The lowest BCUT2D eigenvalue weighted by Gasteiger charge is -2.24. The predicted molar refractivity (Wildman–Crippen MR) is 59.5 cm³/mol. The summed E-state index contributed by atoms with van der Waals surface area (Å²) in [6.45, 7) is 0.371. The summed E-state index contributed by atoms with van der Waals surface area (Å²) in [7, 11) is 0. The van der Waals surface area contributed by atoms with Crippen LogP contribution >= 0.6 is 0 Å². The predicted octanol–water partition coefficient (Wildman–Crippen LogP) is 0.665. The fourth-order valence-corrected chi connectivity index (χ4v) is 1.95. The van der Waals surface area contributed by atoms with Gasteiger partial charge in [-0.2, -0.15) is 0 Å². The van der Waals surface area contributed by atoms with E-state index in [4.69, 9.17) is 5.73 Å². The van der Waals surface area contributed by atoms with Crippen molar-refractivity contribution in [2.45, 2.75) is 25.4 Å². The average Bonchev–Trinajstić information content (AvgIpc) is 2.32. The third-order valence-corrected chi connectivity index (χ3v) is 2.81. The highest BCUT2D eigenvalue weighted by molar-refractivity contribution is 5.96. The van der Waals surface area contributed by atoms with E-state index < -0.39 is 6.04 Å². The highest BCUT2D eigenvalue weighted by atomic mass is 16.2. The van der Waals surface area contributed by atoms with Crippen molar-refractivity contribution in [1.82, 2.24) is 5.32 Å². The Hall–Kier alpha value is -1.68. The van der Waals surface area contributed by atoms with Crippen LogP contribution in [0.3, 0.4) is 0 Å². The van der Waals surface area contributed by atoms with Gasteiger partial charge in [-0.3, -0.25) is 9.59 Å². The molecule has 0 bridgehead atoms. The maximum Gasteiger partial charge on any atom is 0.221 e. The molecule has 4 nitrogen and oxygen atoms in total. The monoisotopic (exact) mass is 218 g/mol. The van der Waals surface area contributed by atoms with Crippen molar-refractivity contribution in [3.05, 3.63) is 35.4 Å². The lowest BCUT2D eigenvalue weighted by Crippen LogP contribution is -2.39. The van der Waals surface area contributed by atoms with Crippen molar-refractivity contribution in [1.29, 1.82) is 0 Å². The molecule has 1 saturated heterocycles. The third kappa shape index (κ3) is 1.97. The van der Waals surface area contributed by atoms with Gasteiger partial charge in [0.25, 0.3) is 0 Å². The second-order valence-corrected chi connectivity index (χ2v) is 3.87. The zero-order chi connectivity index (χ0) is 11.5. The molecule has 1 aliphatic heterocycles. The molecule has 1 unspecified atom stereocenters. The van der Waals surface area contributed by atoms with E-state index in [-0.39, 0.29) is 11.7 Å². The van der Waals surface area contributed by atoms with Crippen molar-refractivity contribution < 1.29 is 9.59 Å². The molecule has 16 heavy (non-hydrogen) atoms. The number of nitrogens with one attached hydrogen (secondary N) is 1. The van der Waals surface area contributed by atoms with Crippen molar-refractivity contribution in [2.24, 2.45) is 5.73 Å². The number of hydrogen-bond donors (Lipinski definition) is 2. The molecule has 0 aromatic heterocycles. The normalized spacial score (nSPS) is 20.7. The number of hydrogen-bond acceptors (Lipinski definition) is 3. The zero-order valence-electron chi connectivity index (χ0n) is 8.90. The smallest absolute Gasteiger partial charge is 0.221 e. The average molecular weight is 218 g/mol. The molecule has 4 heteroatoms. The molecule has 0 radical (unpaired) electrons. The quantitative estimate of drug-likeness (QED) is 0.766. The number of benzene rings is 1. The van der Waals surface area contributed by atoms with Crippen LogP contribution in [-0.2, 0) is 16.1 Å². The van der Waals surface area contributed by atoms with Gasteiger partial charge in [0.1, 0.15) is 6.04 Å². The number of nitrogens with two attached hydrogens (primary N) is 1. The Balaban J connectivity index is 2.34. The van der Waals surface area contributed by atoms with E-state index >= 15 is 0 Å². The molecular formula is C12H14N2O2. The molecule has 1 amide bonds. The Morgan fingerprint density at radius 2 is 2.00 bits per heavy atom. The minimum absolute atomic E-state index is 0.0560. The summed E-state index contributed by atoms with van der Waals surface area (Å²) < 4.78 is 0. The second-order valence-electron chi connectivity index (χ2n) is 3.87. The summed E-state index contributed by atoms with van der Waals surface area (Å²) in [5.41, 5.74) is 7.34. The van der Waals surface area contributed by atoms with Crippen LogP contribution in [0.5, 0.6) is 0 Å². The number of carbonyl (C=O) groups is 2. The Morgan fingerprint density at radius 1 is 1.25 bits per heavy atom. The van der Waals surface area contributed by atoms with Crippen LogP contribution in [0, 0.1) is 0 Å². The van der Waals surface area contributed by atoms with E-state index in [0.717, 1.165) is 11.1 Å². The number of amides is 1. The first-order valence-electron chi connectivity index (χ1n) is 5.32. The highest BCUT2D eigenvalue weighted by Crippen LogP contribution is 2.23. The van der Waals surface area contributed by atoms with E-state index in [0.29, 0.717) is 19.4 Å². The maximum absolute atomic E-state index is 11.8. The standard InChI is InChI=1S/C12H14N2O2/c13-7-8-3-1-2-4-9(8)12-10(15)5-6-11(16)14-12/h1-4,12H,5-7,13H2,(H,14,16). The Bertz CT molecular complexity index is 429. The minimum Gasteiger partial charge on any atom is -0.342 e. The zero-order valence-corrected chi connectivity index (χ0v) is 8.90. The van der Waals surface area contributed by atoms with Crippen LogP contribution < -0.4 is 11.1 Å². The molecule has 2 rings (SSSR count). The molecule has 0 spiro atoms. The highest BCUT2D eigenvalue weighted by Gasteiger charge is 2.28. The first kappa shape index (κ1) is 10.8. The maximum atomic E-state index is 11.8. The number of piperidine rings is 1. The van der Waals surface area contributed by atoms with Gasteiger partial charge in [0.15, 0.2) is 5.78 Å². The second kappa shape index (κ2) is 4.45. The number of carbonyl (C=O) groups excluding carboxylic acids is 2. The summed E-state index contributed by atoms with van der Waals surface area (Å²) in [5.74, 6) is -0.0167. The molecule has 1 atom stereocenters. The van der Waals surface area contributed by atoms with Crippen LogP contribution in [0.4, 0.5) is 0 Å². The Labute approximate surface area is 93.8 Å². The van der Waals surface area contributed by atoms with Gasteiger partial charge in [-0.1, -0.05) is 24.3 Å². The van der Waals surface area contributed by atoms with Crippen molar-refractivity contribution in [3.63, 3.8) is 0 Å². The van der Waals surface area contributed by atoms with Crippen molar-refractivity contribution in [2.75, 3.05) is 0 Å². The van der Waals surface area contributed by atoms with Crippen molar-refractivity contribution >= 4 is 11.7 Å². The van der Waals surface area contributed by atoms with Gasteiger partial charge in [-0.25, -0.2) is 0 Å². The molecule has 0 aliphatic carbocycles. The van der Waals surface area contributed by atoms with E-state index in [1.54, 1.807) is 0 Å². The van der Waals surface area contributed by atoms with Gasteiger partial charge in [0.2, 0.25) is 5.91 Å². The Morgan fingerprint density at radius 3 is 2.75 bits per heavy atom. The number of ketones is 1. The van der Waals surface area contributed by atoms with Gasteiger partial charge in [0, 0.05) is 19.4 Å². The van der Waals surface area contributed by atoms with E-state index in [9.17, 15) is 9.59 Å². The molecule has 3 N–H and O–H groups in total. The van der Waals surface area contributed by atoms with Gasteiger partial charge in [0.05, 0.1) is 0 Å². The SMILES string of the molecule is NCc1ccccc1C1NC(=O)CCC1=O. The lowest BCUT2D eigenvalue weighted by atomic mass is 9.92. The first-order chi connectivity index (χ1) is 7.72. The van der Waals surface area contributed by atoms with E-state index in [1.807, 2.05) is 24.3 Å². The fraction of sp³-hybridized carbons (Fsp3) is 0.333. The van der Waals surface area contributed by atoms with Gasteiger partial charge in [-0.05, 0) is 11.1 Å². The number of rotatable bonds is 2. The van der Waals surface area contributed by atoms with Crippen LogP contribution in [0.25, 0.3) is 0 Å². The molecular weight excluding hydrogens is 204 g/mol. The summed E-state index contributed by atoms with van der Waals surface area (Å²) >= 11 is 0. The molecule has 1 aromatic rings. The number of Topliss-reactive ketones (excluding diaryl/α,β-unsaturated/α-hetero) is 1. The lowest BCUT2D eigenvalue weighted by molar-refractivity contribution is -0.133. The molecule has 1 aliphatic rings. The van der Waals surface area contributed by atoms with Crippen LogP contribution in [-0.4, -0.2) is 11.7 Å². The van der Waals surface area contributed by atoms with Crippen LogP contribution in [0.2, 0.25) is 0 Å². The van der Waals surface area contributed by atoms with Gasteiger partial charge in [-0.15, -0.1) is 0 Å². The summed E-state index contributed by atoms with van der Waals surface area (Å²) in [6.07, 6.45) is 0.607. The van der Waals surface area contributed by atoms with Crippen LogP contribution in [0.1, 0.15) is 30.0 Å². The van der Waals surface area contributed by atoms with Gasteiger partial charge < -0.3 is 11.1 Å².